The molecule has 1 fully saturated rings. The number of anilines is 1. The summed E-state index contributed by atoms with van der Waals surface area (Å²) in [6.45, 7) is 11.3. The van der Waals surface area contributed by atoms with Gasteiger partial charge in [-0.25, -0.2) is 0 Å². The smallest absolute Gasteiger partial charge is 0.460 e. The van der Waals surface area contributed by atoms with E-state index in [9.17, 15) is 4.79 Å². The van der Waals surface area contributed by atoms with E-state index in [0.717, 1.165) is 5.46 Å². The molecule has 1 aliphatic rings. The van der Waals surface area contributed by atoms with Crippen LogP contribution in [0.15, 0.2) is 24.3 Å². The highest BCUT2D eigenvalue weighted by molar-refractivity contribution is 6.62. The van der Waals surface area contributed by atoms with E-state index in [1.165, 1.54) is 0 Å². The summed E-state index contributed by atoms with van der Waals surface area (Å²) in [6.07, 6.45) is 0.128. The molecule has 0 bridgehead atoms. The van der Waals surface area contributed by atoms with Gasteiger partial charge in [-0.15, -0.1) is 0 Å². The Hall–Kier alpha value is -1.53. The van der Waals surface area contributed by atoms with Crippen molar-refractivity contribution in [2.75, 3.05) is 5.73 Å². The minimum Gasteiger partial charge on any atom is -0.460 e. The fourth-order valence-corrected chi connectivity index (χ4v) is 2.49. The average molecular weight is 319 g/mol. The Kier molecular flexibility index (Phi) is 4.52. The van der Waals surface area contributed by atoms with E-state index in [-0.39, 0.29) is 12.4 Å². The summed E-state index contributed by atoms with van der Waals surface area (Å²) in [4.78, 5) is 12.2. The normalized spacial score (nSPS) is 23.8. The van der Waals surface area contributed by atoms with Crippen LogP contribution in [0.1, 0.15) is 48.0 Å². The van der Waals surface area contributed by atoms with Crippen LogP contribution in [0.2, 0.25) is 0 Å². The molecule has 1 aliphatic heterocycles. The Morgan fingerprint density at radius 1 is 1.17 bits per heavy atom. The van der Waals surface area contributed by atoms with E-state index in [1.807, 2.05) is 53.7 Å². The molecule has 0 saturated carbocycles. The SMILES string of the molecule is CC(C)(C)OC(=O)CC1(C)OB(c2ccc(N)cc2)OC1(C)C. The average Bonchev–Trinajstić information content (AvgIpc) is 2.58. The first-order chi connectivity index (χ1) is 10.4. The van der Waals surface area contributed by atoms with Crippen molar-refractivity contribution in [2.45, 2.75) is 64.8 Å². The van der Waals surface area contributed by atoms with E-state index in [2.05, 4.69) is 0 Å². The molecule has 1 heterocycles. The molecular formula is C17H26BNO4. The predicted molar refractivity (Wildman–Crippen MR) is 91.4 cm³/mol. The van der Waals surface area contributed by atoms with Gasteiger partial charge in [0.05, 0.1) is 17.6 Å². The zero-order valence-corrected chi connectivity index (χ0v) is 14.8. The Bertz CT molecular complexity index is 579. The third kappa shape index (κ3) is 4.06. The number of benzene rings is 1. The summed E-state index contributed by atoms with van der Waals surface area (Å²) >= 11 is 0. The predicted octanol–water partition coefficient (Wildman–Crippen LogP) is 2.28. The first-order valence-electron chi connectivity index (χ1n) is 7.85. The van der Waals surface area contributed by atoms with Crippen LogP contribution >= 0.6 is 0 Å². The number of rotatable bonds is 3. The zero-order chi connectivity index (χ0) is 17.5. The molecule has 2 rings (SSSR count). The van der Waals surface area contributed by atoms with Gasteiger partial charge < -0.3 is 19.8 Å². The molecule has 2 N–H and O–H groups in total. The molecule has 1 atom stereocenters. The standard InChI is InChI=1S/C17H26BNO4/c1-15(2,3)21-14(20)11-17(6)16(4,5)22-18(23-17)12-7-9-13(19)10-8-12/h7-10H,11,19H2,1-6H3. The quantitative estimate of drug-likeness (QED) is 0.526. The van der Waals surface area contributed by atoms with Crippen molar-refractivity contribution in [3.8, 4) is 0 Å². The maximum absolute atomic E-state index is 12.2. The molecule has 6 heteroatoms. The highest BCUT2D eigenvalue weighted by Gasteiger charge is 2.55. The molecule has 23 heavy (non-hydrogen) atoms. The third-order valence-electron chi connectivity index (χ3n) is 4.15. The number of nitrogen functional groups attached to an aromatic ring is 1. The van der Waals surface area contributed by atoms with E-state index in [4.69, 9.17) is 19.8 Å². The van der Waals surface area contributed by atoms with Crippen LogP contribution in [0.4, 0.5) is 5.69 Å². The summed E-state index contributed by atoms with van der Waals surface area (Å²) < 4.78 is 17.6. The van der Waals surface area contributed by atoms with Gasteiger partial charge in [0.25, 0.3) is 0 Å². The molecular weight excluding hydrogens is 293 g/mol. The highest BCUT2D eigenvalue weighted by Crippen LogP contribution is 2.40. The second kappa shape index (κ2) is 5.84. The summed E-state index contributed by atoms with van der Waals surface area (Å²) in [5.74, 6) is -0.297. The summed E-state index contributed by atoms with van der Waals surface area (Å²) in [7, 11) is -0.530. The number of carbonyl (C=O) groups is 1. The lowest BCUT2D eigenvalue weighted by molar-refractivity contribution is -0.161. The Labute approximate surface area is 138 Å². The van der Waals surface area contributed by atoms with Gasteiger partial charge >= 0.3 is 13.1 Å². The summed E-state index contributed by atoms with van der Waals surface area (Å²) in [5.41, 5.74) is 5.35. The second-order valence-electron chi connectivity index (χ2n) is 7.74. The van der Waals surface area contributed by atoms with Crippen molar-refractivity contribution < 1.29 is 18.8 Å². The van der Waals surface area contributed by atoms with Gasteiger partial charge in [0.1, 0.15) is 5.60 Å². The second-order valence-corrected chi connectivity index (χ2v) is 7.74. The molecule has 0 spiro atoms. The molecule has 1 unspecified atom stereocenters. The van der Waals surface area contributed by atoms with Crippen LogP contribution in [0.5, 0.6) is 0 Å². The van der Waals surface area contributed by atoms with Crippen LogP contribution in [0, 0.1) is 0 Å². The number of ether oxygens (including phenoxy) is 1. The van der Waals surface area contributed by atoms with Gasteiger partial charge in [-0.05, 0) is 59.1 Å². The summed E-state index contributed by atoms with van der Waals surface area (Å²) in [6, 6.07) is 7.35. The maximum Gasteiger partial charge on any atom is 0.494 e. The molecule has 1 aromatic carbocycles. The Balaban J connectivity index is 2.15. The van der Waals surface area contributed by atoms with Gasteiger partial charge in [0, 0.05) is 5.69 Å². The van der Waals surface area contributed by atoms with Crippen molar-refractivity contribution >= 4 is 24.2 Å². The number of nitrogens with two attached hydrogens (primary N) is 1. The molecule has 0 radical (unpaired) electrons. The molecule has 0 aliphatic carbocycles. The van der Waals surface area contributed by atoms with Crippen molar-refractivity contribution in [2.24, 2.45) is 0 Å². The maximum atomic E-state index is 12.2. The molecule has 0 amide bonds. The monoisotopic (exact) mass is 319 g/mol. The van der Waals surface area contributed by atoms with Crippen LogP contribution in [0.25, 0.3) is 0 Å². The number of carbonyl (C=O) groups excluding carboxylic acids is 1. The molecule has 5 nitrogen and oxygen atoms in total. The third-order valence-corrected chi connectivity index (χ3v) is 4.15. The Morgan fingerprint density at radius 3 is 2.26 bits per heavy atom. The first-order valence-corrected chi connectivity index (χ1v) is 7.85. The van der Waals surface area contributed by atoms with Gasteiger partial charge in [0.2, 0.25) is 0 Å². The topological polar surface area (TPSA) is 70.8 Å². The van der Waals surface area contributed by atoms with Crippen molar-refractivity contribution in [3.63, 3.8) is 0 Å². The molecule has 0 aromatic heterocycles. The minimum atomic E-state index is -0.776. The van der Waals surface area contributed by atoms with E-state index >= 15 is 0 Å². The van der Waals surface area contributed by atoms with Crippen molar-refractivity contribution in [1.82, 2.24) is 0 Å². The largest absolute Gasteiger partial charge is 0.494 e. The fraction of sp³-hybridized carbons (Fsp3) is 0.588. The van der Waals surface area contributed by atoms with Gasteiger partial charge in [-0.2, -0.15) is 0 Å². The van der Waals surface area contributed by atoms with Crippen LogP contribution in [0.3, 0.4) is 0 Å². The minimum absolute atomic E-state index is 0.128. The van der Waals surface area contributed by atoms with E-state index in [0.29, 0.717) is 5.69 Å². The first kappa shape index (κ1) is 17.8. The van der Waals surface area contributed by atoms with Crippen LogP contribution < -0.4 is 11.2 Å². The molecule has 1 aromatic rings. The number of hydrogen-bond donors (Lipinski definition) is 1. The highest BCUT2D eigenvalue weighted by atomic mass is 16.7. The molecule has 126 valence electrons. The fourth-order valence-electron chi connectivity index (χ4n) is 2.49. The number of esters is 1. The lowest BCUT2D eigenvalue weighted by atomic mass is 9.79. The van der Waals surface area contributed by atoms with Crippen LogP contribution in [-0.2, 0) is 18.8 Å². The summed E-state index contributed by atoms with van der Waals surface area (Å²) in [5, 5.41) is 0. The Morgan fingerprint density at radius 2 is 1.74 bits per heavy atom. The van der Waals surface area contributed by atoms with Crippen LogP contribution in [-0.4, -0.2) is 29.9 Å². The van der Waals surface area contributed by atoms with Gasteiger partial charge in [-0.3, -0.25) is 4.79 Å². The van der Waals surface area contributed by atoms with Crippen molar-refractivity contribution in [1.29, 1.82) is 0 Å². The van der Waals surface area contributed by atoms with E-state index in [1.54, 1.807) is 12.1 Å². The van der Waals surface area contributed by atoms with Gasteiger partial charge in [-0.1, -0.05) is 12.1 Å². The number of hydrogen-bond acceptors (Lipinski definition) is 5. The lowest BCUT2D eigenvalue weighted by Crippen LogP contribution is -2.47. The molecule has 1 saturated heterocycles. The van der Waals surface area contributed by atoms with Gasteiger partial charge in [0.15, 0.2) is 0 Å². The van der Waals surface area contributed by atoms with Crippen molar-refractivity contribution in [3.05, 3.63) is 24.3 Å². The lowest BCUT2D eigenvalue weighted by Gasteiger charge is -2.36. The van der Waals surface area contributed by atoms with E-state index < -0.39 is 23.9 Å². The zero-order valence-electron chi connectivity index (χ0n) is 14.8.